The van der Waals surface area contributed by atoms with Crippen LogP contribution in [0.3, 0.4) is 0 Å². The Morgan fingerprint density at radius 3 is 2.48 bits per heavy atom. The zero-order valence-corrected chi connectivity index (χ0v) is 12.5. The Balaban J connectivity index is 2.08. The van der Waals surface area contributed by atoms with Gasteiger partial charge >= 0.3 is 0 Å². The number of benzene rings is 2. The van der Waals surface area contributed by atoms with Crippen molar-refractivity contribution in [1.29, 1.82) is 0 Å². The number of ketones is 1. The molecule has 3 nitrogen and oxygen atoms in total. The van der Waals surface area contributed by atoms with E-state index in [1.165, 1.54) is 0 Å². The SMILES string of the molecule is CCNC(Cc1cccc(Oc2ccccc2)c1)C(C)=O. The number of ether oxygens (including phenoxy) is 1. The minimum atomic E-state index is -0.137. The fourth-order valence-corrected chi connectivity index (χ4v) is 2.20. The van der Waals surface area contributed by atoms with Crippen molar-refractivity contribution in [2.75, 3.05) is 6.54 Å². The summed E-state index contributed by atoms with van der Waals surface area (Å²) in [4.78, 5) is 11.6. The molecule has 3 heteroatoms. The summed E-state index contributed by atoms with van der Waals surface area (Å²) in [6, 6.07) is 17.4. The lowest BCUT2D eigenvalue weighted by molar-refractivity contribution is -0.118. The maximum Gasteiger partial charge on any atom is 0.147 e. The van der Waals surface area contributed by atoms with Crippen molar-refractivity contribution in [3.8, 4) is 11.5 Å². The predicted molar refractivity (Wildman–Crippen MR) is 84.8 cm³/mol. The topological polar surface area (TPSA) is 38.3 Å². The molecule has 0 bridgehead atoms. The van der Waals surface area contributed by atoms with Gasteiger partial charge in [0.15, 0.2) is 0 Å². The summed E-state index contributed by atoms with van der Waals surface area (Å²) in [5.74, 6) is 1.76. The molecule has 0 amide bonds. The first-order valence-electron chi connectivity index (χ1n) is 7.24. The molecule has 2 rings (SSSR count). The smallest absolute Gasteiger partial charge is 0.147 e. The molecule has 2 aromatic rings. The predicted octanol–water partition coefficient (Wildman–Crippen LogP) is 3.59. The molecule has 0 aliphatic heterocycles. The van der Waals surface area contributed by atoms with Gasteiger partial charge in [-0.05, 0) is 49.7 Å². The van der Waals surface area contributed by atoms with Crippen molar-refractivity contribution >= 4 is 5.78 Å². The fraction of sp³-hybridized carbons (Fsp3) is 0.278. The Kier molecular flexibility index (Phi) is 5.52. The highest BCUT2D eigenvalue weighted by atomic mass is 16.5. The lowest BCUT2D eigenvalue weighted by atomic mass is 10.0. The molecular formula is C18H21NO2. The van der Waals surface area contributed by atoms with Crippen molar-refractivity contribution in [2.45, 2.75) is 26.3 Å². The van der Waals surface area contributed by atoms with E-state index in [0.717, 1.165) is 23.6 Å². The second kappa shape index (κ2) is 7.60. The van der Waals surface area contributed by atoms with Crippen molar-refractivity contribution in [3.05, 3.63) is 60.2 Å². The second-order valence-corrected chi connectivity index (χ2v) is 4.99. The Hall–Kier alpha value is -2.13. The van der Waals surface area contributed by atoms with Crippen LogP contribution >= 0.6 is 0 Å². The third-order valence-corrected chi connectivity index (χ3v) is 3.26. The number of likely N-dealkylation sites (N-methyl/N-ethyl adjacent to an activating group) is 1. The summed E-state index contributed by atoms with van der Waals surface area (Å²) in [6.07, 6.45) is 0.676. The van der Waals surface area contributed by atoms with Crippen LogP contribution in [0, 0.1) is 0 Å². The summed E-state index contributed by atoms with van der Waals surface area (Å²) in [6.45, 7) is 4.41. The molecule has 0 heterocycles. The van der Waals surface area contributed by atoms with Gasteiger partial charge in [-0.15, -0.1) is 0 Å². The average molecular weight is 283 g/mol. The number of hydrogen-bond acceptors (Lipinski definition) is 3. The van der Waals surface area contributed by atoms with Crippen LogP contribution in [0.25, 0.3) is 0 Å². The summed E-state index contributed by atoms with van der Waals surface area (Å²) >= 11 is 0. The van der Waals surface area contributed by atoms with Gasteiger partial charge in [-0.3, -0.25) is 4.79 Å². The van der Waals surface area contributed by atoms with E-state index in [1.54, 1.807) is 6.92 Å². The molecular weight excluding hydrogens is 262 g/mol. The van der Waals surface area contributed by atoms with Crippen molar-refractivity contribution < 1.29 is 9.53 Å². The zero-order valence-electron chi connectivity index (χ0n) is 12.5. The average Bonchev–Trinajstić information content (AvgIpc) is 2.48. The molecule has 0 aromatic heterocycles. The molecule has 1 N–H and O–H groups in total. The monoisotopic (exact) mass is 283 g/mol. The molecule has 21 heavy (non-hydrogen) atoms. The van der Waals surface area contributed by atoms with Crippen molar-refractivity contribution in [2.24, 2.45) is 0 Å². The third-order valence-electron chi connectivity index (χ3n) is 3.26. The van der Waals surface area contributed by atoms with Crippen molar-refractivity contribution in [1.82, 2.24) is 5.32 Å². The van der Waals surface area contributed by atoms with Crippen LogP contribution in [0.2, 0.25) is 0 Å². The van der Waals surface area contributed by atoms with Crippen LogP contribution in [0.5, 0.6) is 11.5 Å². The molecule has 2 aromatic carbocycles. The van der Waals surface area contributed by atoms with Gasteiger partial charge in [-0.1, -0.05) is 37.3 Å². The standard InChI is InChI=1S/C18H21NO2/c1-3-19-18(14(2)20)13-15-8-7-11-17(12-15)21-16-9-5-4-6-10-16/h4-12,18-19H,3,13H2,1-2H3. The van der Waals surface area contributed by atoms with E-state index in [-0.39, 0.29) is 11.8 Å². The number of carbonyl (C=O) groups excluding carboxylic acids is 1. The van der Waals surface area contributed by atoms with E-state index in [0.29, 0.717) is 6.42 Å². The van der Waals surface area contributed by atoms with Gasteiger partial charge < -0.3 is 10.1 Å². The van der Waals surface area contributed by atoms with E-state index in [1.807, 2.05) is 61.5 Å². The van der Waals surface area contributed by atoms with Crippen LogP contribution in [0.15, 0.2) is 54.6 Å². The molecule has 0 saturated heterocycles. The third kappa shape index (κ3) is 4.72. The van der Waals surface area contributed by atoms with E-state index >= 15 is 0 Å². The highest BCUT2D eigenvalue weighted by molar-refractivity contribution is 5.81. The number of rotatable bonds is 7. The minimum absolute atomic E-state index is 0.137. The van der Waals surface area contributed by atoms with Gasteiger partial charge in [0, 0.05) is 0 Å². The molecule has 0 aliphatic carbocycles. The number of Topliss-reactive ketones (excluding diaryl/α,β-unsaturated/α-hetero) is 1. The highest BCUT2D eigenvalue weighted by Gasteiger charge is 2.13. The Labute approximate surface area is 126 Å². The number of hydrogen-bond donors (Lipinski definition) is 1. The van der Waals surface area contributed by atoms with E-state index < -0.39 is 0 Å². The maximum absolute atomic E-state index is 11.6. The summed E-state index contributed by atoms with van der Waals surface area (Å²) in [5.41, 5.74) is 1.09. The van der Waals surface area contributed by atoms with E-state index in [9.17, 15) is 4.79 Å². The lowest BCUT2D eigenvalue weighted by Gasteiger charge is -2.15. The zero-order chi connectivity index (χ0) is 15.1. The summed E-state index contributed by atoms with van der Waals surface area (Å²) in [7, 11) is 0. The van der Waals surface area contributed by atoms with Crippen LogP contribution in [-0.2, 0) is 11.2 Å². The van der Waals surface area contributed by atoms with E-state index in [4.69, 9.17) is 4.74 Å². The Morgan fingerprint density at radius 2 is 1.81 bits per heavy atom. The van der Waals surface area contributed by atoms with Crippen LogP contribution in [0.4, 0.5) is 0 Å². The maximum atomic E-state index is 11.6. The molecule has 0 radical (unpaired) electrons. The number of carbonyl (C=O) groups is 1. The fourth-order valence-electron chi connectivity index (χ4n) is 2.20. The summed E-state index contributed by atoms with van der Waals surface area (Å²) in [5, 5.41) is 3.21. The van der Waals surface area contributed by atoms with Crippen LogP contribution in [0.1, 0.15) is 19.4 Å². The molecule has 0 spiro atoms. The quantitative estimate of drug-likeness (QED) is 0.844. The van der Waals surface area contributed by atoms with Gasteiger partial charge in [0.1, 0.15) is 17.3 Å². The molecule has 0 fully saturated rings. The highest BCUT2D eigenvalue weighted by Crippen LogP contribution is 2.22. The number of nitrogens with one attached hydrogen (secondary N) is 1. The first-order chi connectivity index (χ1) is 10.2. The van der Waals surface area contributed by atoms with Crippen molar-refractivity contribution in [3.63, 3.8) is 0 Å². The Morgan fingerprint density at radius 1 is 1.10 bits per heavy atom. The Bertz CT molecular complexity index is 581. The second-order valence-electron chi connectivity index (χ2n) is 4.99. The van der Waals surface area contributed by atoms with Gasteiger partial charge in [0.2, 0.25) is 0 Å². The lowest BCUT2D eigenvalue weighted by Crippen LogP contribution is -2.37. The summed E-state index contributed by atoms with van der Waals surface area (Å²) < 4.78 is 5.82. The largest absolute Gasteiger partial charge is 0.457 e. The van der Waals surface area contributed by atoms with Gasteiger partial charge in [0.25, 0.3) is 0 Å². The van der Waals surface area contributed by atoms with Crippen LogP contribution < -0.4 is 10.1 Å². The molecule has 1 unspecified atom stereocenters. The normalized spacial score (nSPS) is 11.9. The first kappa shape index (κ1) is 15.3. The molecule has 0 saturated carbocycles. The van der Waals surface area contributed by atoms with Crippen LogP contribution in [-0.4, -0.2) is 18.4 Å². The molecule has 0 aliphatic rings. The molecule has 1 atom stereocenters. The molecule has 110 valence electrons. The first-order valence-corrected chi connectivity index (χ1v) is 7.24. The van der Waals surface area contributed by atoms with Gasteiger partial charge in [-0.25, -0.2) is 0 Å². The van der Waals surface area contributed by atoms with Gasteiger partial charge in [0.05, 0.1) is 6.04 Å². The van der Waals surface area contributed by atoms with E-state index in [2.05, 4.69) is 5.32 Å². The minimum Gasteiger partial charge on any atom is -0.457 e. The number of para-hydroxylation sites is 1. The van der Waals surface area contributed by atoms with Gasteiger partial charge in [-0.2, -0.15) is 0 Å².